The first-order valence-corrected chi connectivity index (χ1v) is 4.36. The molecule has 0 rings (SSSR count). The van der Waals surface area contributed by atoms with Gasteiger partial charge in [-0.1, -0.05) is 20.8 Å². The maximum atomic E-state index is 12.9. The van der Waals surface area contributed by atoms with Crippen LogP contribution in [0.3, 0.4) is 0 Å². The predicted octanol–water partition coefficient (Wildman–Crippen LogP) is 3.51. The quantitative estimate of drug-likeness (QED) is 0.583. The molecule has 0 N–H and O–H groups in total. The molecule has 0 aromatic carbocycles. The van der Waals surface area contributed by atoms with E-state index in [1.165, 1.54) is 0 Å². The molecule has 0 spiro atoms. The Balaban J connectivity index is 3.37. The lowest BCUT2D eigenvalue weighted by atomic mass is 10.0. The Labute approximate surface area is 68.0 Å². The van der Waals surface area contributed by atoms with Crippen molar-refractivity contribution in [3.63, 3.8) is 0 Å². The van der Waals surface area contributed by atoms with E-state index in [1.54, 1.807) is 6.92 Å². The lowest BCUT2D eigenvalue weighted by molar-refractivity contribution is 0.203. The molecular weight excluding hydrogens is 146 g/mol. The molecule has 2 unspecified atom stereocenters. The van der Waals surface area contributed by atoms with Gasteiger partial charge in [-0.05, 0) is 25.2 Å². The Morgan fingerprint density at radius 3 is 2.00 bits per heavy atom. The second-order valence-electron chi connectivity index (χ2n) is 3.34. The van der Waals surface area contributed by atoms with E-state index >= 15 is 0 Å². The van der Waals surface area contributed by atoms with Crippen LogP contribution in [0.25, 0.3) is 0 Å². The number of halogens is 2. The van der Waals surface area contributed by atoms with Crippen molar-refractivity contribution in [2.75, 3.05) is 0 Å². The lowest BCUT2D eigenvalue weighted by Crippen LogP contribution is -2.11. The van der Waals surface area contributed by atoms with Gasteiger partial charge in [-0.2, -0.15) is 0 Å². The Kier molecular flexibility index (Phi) is 5.43. The van der Waals surface area contributed by atoms with Crippen molar-refractivity contribution < 1.29 is 8.78 Å². The van der Waals surface area contributed by atoms with Gasteiger partial charge >= 0.3 is 0 Å². The Hall–Kier alpha value is -0.140. The maximum Gasteiger partial charge on any atom is 0.102 e. The van der Waals surface area contributed by atoms with Crippen LogP contribution in [-0.4, -0.2) is 12.3 Å². The van der Waals surface area contributed by atoms with E-state index in [2.05, 4.69) is 0 Å². The predicted molar refractivity (Wildman–Crippen MR) is 44.2 cm³/mol. The Morgan fingerprint density at radius 2 is 1.64 bits per heavy atom. The Bertz CT molecular complexity index is 91.6. The summed E-state index contributed by atoms with van der Waals surface area (Å²) in [5, 5.41) is 0. The molecule has 0 amide bonds. The summed E-state index contributed by atoms with van der Waals surface area (Å²) in [6.45, 7) is 5.43. The minimum absolute atomic E-state index is 0.0269. The summed E-state index contributed by atoms with van der Waals surface area (Å²) >= 11 is 0. The summed E-state index contributed by atoms with van der Waals surface area (Å²) in [7, 11) is 0. The van der Waals surface area contributed by atoms with Crippen LogP contribution in [0, 0.1) is 5.92 Å². The van der Waals surface area contributed by atoms with Crippen molar-refractivity contribution in [1.29, 1.82) is 0 Å². The van der Waals surface area contributed by atoms with Crippen LogP contribution in [0.2, 0.25) is 0 Å². The van der Waals surface area contributed by atoms with Crippen LogP contribution in [-0.2, 0) is 0 Å². The summed E-state index contributed by atoms with van der Waals surface area (Å²) in [6, 6.07) is 0. The largest absolute Gasteiger partial charge is 0.248 e. The molecule has 0 aromatic heterocycles. The molecule has 0 aliphatic rings. The van der Waals surface area contributed by atoms with Gasteiger partial charge < -0.3 is 0 Å². The number of rotatable bonds is 5. The number of hydrogen-bond acceptors (Lipinski definition) is 0. The van der Waals surface area contributed by atoms with Crippen molar-refractivity contribution in [2.45, 2.75) is 52.4 Å². The van der Waals surface area contributed by atoms with Crippen LogP contribution in [0.5, 0.6) is 0 Å². The second-order valence-corrected chi connectivity index (χ2v) is 3.34. The SMILES string of the molecule is CCC(F)CCC(F)C(C)C. The zero-order valence-corrected chi connectivity index (χ0v) is 7.61. The molecule has 0 saturated heterocycles. The second kappa shape index (κ2) is 5.50. The van der Waals surface area contributed by atoms with Gasteiger partial charge in [0, 0.05) is 0 Å². The maximum absolute atomic E-state index is 12.9. The molecule has 68 valence electrons. The van der Waals surface area contributed by atoms with Gasteiger partial charge in [-0.15, -0.1) is 0 Å². The molecule has 0 heterocycles. The van der Waals surface area contributed by atoms with Gasteiger partial charge in [0.1, 0.15) is 6.17 Å². The van der Waals surface area contributed by atoms with Gasteiger partial charge in [0.15, 0.2) is 0 Å². The fourth-order valence-corrected chi connectivity index (χ4v) is 0.878. The smallest absolute Gasteiger partial charge is 0.102 e. The molecule has 2 heteroatoms. The molecule has 0 radical (unpaired) electrons. The first kappa shape index (κ1) is 10.9. The van der Waals surface area contributed by atoms with E-state index in [0.717, 1.165) is 0 Å². The Morgan fingerprint density at radius 1 is 1.09 bits per heavy atom. The van der Waals surface area contributed by atoms with Crippen molar-refractivity contribution in [3.05, 3.63) is 0 Å². The van der Waals surface area contributed by atoms with Crippen LogP contribution < -0.4 is 0 Å². The van der Waals surface area contributed by atoms with Gasteiger partial charge in [0.25, 0.3) is 0 Å². The fraction of sp³-hybridized carbons (Fsp3) is 1.00. The molecule has 0 saturated carbocycles. The topological polar surface area (TPSA) is 0 Å². The summed E-state index contributed by atoms with van der Waals surface area (Å²) in [5.74, 6) is 0.0269. The van der Waals surface area contributed by atoms with E-state index in [1.807, 2.05) is 13.8 Å². The fourth-order valence-electron chi connectivity index (χ4n) is 0.878. The molecular formula is C9H18F2. The third-order valence-electron chi connectivity index (χ3n) is 1.92. The zero-order valence-electron chi connectivity index (χ0n) is 7.61. The van der Waals surface area contributed by atoms with Crippen LogP contribution >= 0.6 is 0 Å². The van der Waals surface area contributed by atoms with Crippen molar-refractivity contribution in [3.8, 4) is 0 Å². The van der Waals surface area contributed by atoms with Crippen molar-refractivity contribution in [2.24, 2.45) is 5.92 Å². The average Bonchev–Trinajstić information content (AvgIpc) is 1.99. The normalized spacial score (nSPS) is 16.9. The highest BCUT2D eigenvalue weighted by Crippen LogP contribution is 2.16. The van der Waals surface area contributed by atoms with E-state index < -0.39 is 12.3 Å². The van der Waals surface area contributed by atoms with Gasteiger partial charge in [0.2, 0.25) is 0 Å². The minimum Gasteiger partial charge on any atom is -0.248 e. The first-order valence-electron chi connectivity index (χ1n) is 4.36. The third-order valence-corrected chi connectivity index (χ3v) is 1.92. The first-order chi connectivity index (χ1) is 5.07. The standard InChI is InChI=1S/C9H18F2/c1-4-8(10)5-6-9(11)7(2)3/h7-9H,4-6H2,1-3H3. The van der Waals surface area contributed by atoms with Crippen molar-refractivity contribution >= 4 is 0 Å². The van der Waals surface area contributed by atoms with E-state index in [0.29, 0.717) is 19.3 Å². The van der Waals surface area contributed by atoms with E-state index in [-0.39, 0.29) is 5.92 Å². The molecule has 11 heavy (non-hydrogen) atoms. The average molecular weight is 164 g/mol. The van der Waals surface area contributed by atoms with Gasteiger partial charge in [-0.25, -0.2) is 8.78 Å². The summed E-state index contributed by atoms with van der Waals surface area (Å²) in [6.07, 6.45) is -0.403. The highest BCUT2D eigenvalue weighted by Gasteiger charge is 2.13. The molecule has 0 aromatic rings. The van der Waals surface area contributed by atoms with Gasteiger partial charge in [-0.3, -0.25) is 0 Å². The highest BCUT2D eigenvalue weighted by atomic mass is 19.1. The van der Waals surface area contributed by atoms with Crippen LogP contribution in [0.4, 0.5) is 8.78 Å². The van der Waals surface area contributed by atoms with E-state index in [4.69, 9.17) is 0 Å². The number of alkyl halides is 2. The molecule has 0 bridgehead atoms. The lowest BCUT2D eigenvalue weighted by Gasteiger charge is -2.12. The highest BCUT2D eigenvalue weighted by molar-refractivity contribution is 4.63. The van der Waals surface area contributed by atoms with E-state index in [9.17, 15) is 8.78 Å². The molecule has 0 aliphatic carbocycles. The molecule has 2 atom stereocenters. The van der Waals surface area contributed by atoms with Gasteiger partial charge in [0.05, 0.1) is 6.17 Å². The number of hydrogen-bond donors (Lipinski definition) is 0. The monoisotopic (exact) mass is 164 g/mol. The van der Waals surface area contributed by atoms with Crippen molar-refractivity contribution in [1.82, 2.24) is 0 Å². The van der Waals surface area contributed by atoms with Crippen LogP contribution in [0.1, 0.15) is 40.0 Å². The van der Waals surface area contributed by atoms with Crippen LogP contribution in [0.15, 0.2) is 0 Å². The molecule has 0 nitrogen and oxygen atoms in total. The minimum atomic E-state index is -0.834. The zero-order chi connectivity index (χ0) is 8.85. The summed E-state index contributed by atoms with van der Waals surface area (Å²) in [4.78, 5) is 0. The molecule has 0 fully saturated rings. The summed E-state index contributed by atoms with van der Waals surface area (Å²) in [5.41, 5.74) is 0. The summed E-state index contributed by atoms with van der Waals surface area (Å²) < 4.78 is 25.4. The third kappa shape index (κ3) is 5.16. The molecule has 0 aliphatic heterocycles.